The zero-order chi connectivity index (χ0) is 14.0. The standard InChI is InChI=1S/C16H22INO/c1-16(2,3)13-8-10-18(11-9-13)15(19)12-4-6-14(17)7-5-12/h4-7,13H,8-11H2,1-3H3. The second-order valence-electron chi connectivity index (χ2n) is 6.44. The largest absolute Gasteiger partial charge is 0.339 e. The average Bonchev–Trinajstić information content (AvgIpc) is 2.38. The van der Waals surface area contributed by atoms with E-state index >= 15 is 0 Å². The predicted molar refractivity (Wildman–Crippen MR) is 87.2 cm³/mol. The predicted octanol–water partition coefficient (Wildman–Crippen LogP) is 4.19. The van der Waals surface area contributed by atoms with Gasteiger partial charge in [0, 0.05) is 22.2 Å². The first-order valence-electron chi connectivity index (χ1n) is 6.93. The number of halogens is 1. The molecule has 0 radical (unpaired) electrons. The fourth-order valence-corrected chi connectivity index (χ4v) is 3.08. The Balaban J connectivity index is 1.98. The van der Waals surface area contributed by atoms with E-state index in [1.807, 2.05) is 29.2 Å². The highest BCUT2D eigenvalue weighted by Gasteiger charge is 2.30. The minimum absolute atomic E-state index is 0.184. The molecule has 1 amide bonds. The minimum atomic E-state index is 0.184. The molecule has 0 unspecified atom stereocenters. The molecule has 0 atom stereocenters. The molecule has 0 spiro atoms. The van der Waals surface area contributed by atoms with E-state index in [-0.39, 0.29) is 5.91 Å². The molecule has 0 saturated carbocycles. The molecule has 2 nitrogen and oxygen atoms in total. The number of piperidine rings is 1. The lowest BCUT2D eigenvalue weighted by atomic mass is 9.75. The molecular formula is C16H22INO. The topological polar surface area (TPSA) is 20.3 Å². The summed E-state index contributed by atoms with van der Waals surface area (Å²) in [5.74, 6) is 0.914. The summed E-state index contributed by atoms with van der Waals surface area (Å²) in [5.41, 5.74) is 1.17. The van der Waals surface area contributed by atoms with E-state index in [4.69, 9.17) is 0 Å². The molecule has 1 aliphatic rings. The van der Waals surface area contributed by atoms with Gasteiger partial charge in [0.25, 0.3) is 5.91 Å². The highest BCUT2D eigenvalue weighted by Crippen LogP contribution is 2.34. The van der Waals surface area contributed by atoms with E-state index in [1.165, 1.54) is 3.57 Å². The van der Waals surface area contributed by atoms with Crippen LogP contribution in [0, 0.1) is 14.9 Å². The quantitative estimate of drug-likeness (QED) is 0.678. The maximum atomic E-state index is 12.4. The van der Waals surface area contributed by atoms with Gasteiger partial charge in [-0.25, -0.2) is 0 Å². The first-order valence-corrected chi connectivity index (χ1v) is 8.00. The number of likely N-dealkylation sites (tertiary alicyclic amines) is 1. The monoisotopic (exact) mass is 371 g/mol. The highest BCUT2D eigenvalue weighted by molar-refractivity contribution is 14.1. The third kappa shape index (κ3) is 3.71. The van der Waals surface area contributed by atoms with E-state index in [0.717, 1.165) is 37.4 Å². The van der Waals surface area contributed by atoms with Gasteiger partial charge in [-0.15, -0.1) is 0 Å². The molecule has 1 heterocycles. The molecule has 3 heteroatoms. The highest BCUT2D eigenvalue weighted by atomic mass is 127. The normalized spacial score (nSPS) is 17.6. The second kappa shape index (κ2) is 5.81. The fourth-order valence-electron chi connectivity index (χ4n) is 2.72. The van der Waals surface area contributed by atoms with Crippen molar-refractivity contribution in [1.29, 1.82) is 0 Å². The number of hydrogen-bond acceptors (Lipinski definition) is 1. The van der Waals surface area contributed by atoms with Crippen molar-refractivity contribution in [2.45, 2.75) is 33.6 Å². The lowest BCUT2D eigenvalue weighted by Gasteiger charge is -2.38. The van der Waals surface area contributed by atoms with Crippen molar-refractivity contribution < 1.29 is 4.79 Å². The first-order chi connectivity index (χ1) is 8.88. The zero-order valence-electron chi connectivity index (χ0n) is 11.9. The summed E-state index contributed by atoms with van der Waals surface area (Å²) in [7, 11) is 0. The van der Waals surface area contributed by atoms with Gasteiger partial charge in [0.1, 0.15) is 0 Å². The summed E-state index contributed by atoms with van der Waals surface area (Å²) in [6.45, 7) is 8.69. The van der Waals surface area contributed by atoms with Gasteiger partial charge < -0.3 is 4.90 Å². The molecule has 1 aromatic carbocycles. The Kier molecular flexibility index (Phi) is 4.54. The second-order valence-corrected chi connectivity index (χ2v) is 7.69. The molecule has 104 valence electrons. The van der Waals surface area contributed by atoms with Gasteiger partial charge >= 0.3 is 0 Å². The van der Waals surface area contributed by atoms with Gasteiger partial charge in [-0.2, -0.15) is 0 Å². The summed E-state index contributed by atoms with van der Waals surface area (Å²) in [6.07, 6.45) is 2.25. The van der Waals surface area contributed by atoms with E-state index in [1.54, 1.807) is 0 Å². The Bertz CT molecular complexity index is 439. The smallest absolute Gasteiger partial charge is 0.253 e. The van der Waals surface area contributed by atoms with Crippen LogP contribution in [0.5, 0.6) is 0 Å². The Morgan fingerprint density at radius 1 is 1.16 bits per heavy atom. The van der Waals surface area contributed by atoms with Crippen molar-refractivity contribution in [2.75, 3.05) is 13.1 Å². The van der Waals surface area contributed by atoms with Crippen LogP contribution in [-0.2, 0) is 0 Å². The molecular weight excluding hydrogens is 349 g/mol. The van der Waals surface area contributed by atoms with Crippen molar-refractivity contribution in [3.8, 4) is 0 Å². The van der Waals surface area contributed by atoms with Crippen LogP contribution in [0.1, 0.15) is 44.0 Å². The van der Waals surface area contributed by atoms with Gasteiger partial charge in [0.2, 0.25) is 0 Å². The molecule has 1 aromatic rings. The van der Waals surface area contributed by atoms with Gasteiger partial charge in [0.15, 0.2) is 0 Å². The number of benzene rings is 1. The molecule has 0 aliphatic carbocycles. The number of carbonyl (C=O) groups is 1. The summed E-state index contributed by atoms with van der Waals surface area (Å²) >= 11 is 2.26. The van der Waals surface area contributed by atoms with E-state index in [0.29, 0.717) is 5.41 Å². The van der Waals surface area contributed by atoms with Crippen LogP contribution < -0.4 is 0 Å². The lowest BCUT2D eigenvalue weighted by molar-refractivity contribution is 0.0608. The number of rotatable bonds is 1. The third-order valence-electron chi connectivity index (χ3n) is 4.10. The number of carbonyl (C=O) groups excluding carboxylic acids is 1. The number of nitrogens with zero attached hydrogens (tertiary/aromatic N) is 1. The van der Waals surface area contributed by atoms with E-state index < -0.39 is 0 Å². The van der Waals surface area contributed by atoms with Gasteiger partial charge in [0.05, 0.1) is 0 Å². The van der Waals surface area contributed by atoms with E-state index in [9.17, 15) is 4.79 Å². The minimum Gasteiger partial charge on any atom is -0.339 e. The Labute approximate surface area is 129 Å². The summed E-state index contributed by atoms with van der Waals surface area (Å²) in [6, 6.07) is 7.85. The maximum Gasteiger partial charge on any atom is 0.253 e. The molecule has 0 aromatic heterocycles. The lowest BCUT2D eigenvalue weighted by Crippen LogP contribution is -2.41. The van der Waals surface area contributed by atoms with Crippen LogP contribution in [0.25, 0.3) is 0 Å². The Morgan fingerprint density at radius 2 is 1.68 bits per heavy atom. The molecule has 0 bridgehead atoms. The first kappa shape index (κ1) is 14.8. The molecule has 0 N–H and O–H groups in total. The number of amides is 1. The molecule has 1 aliphatic heterocycles. The molecule has 1 saturated heterocycles. The summed E-state index contributed by atoms with van der Waals surface area (Å²) in [4.78, 5) is 14.4. The van der Waals surface area contributed by atoms with Crippen LogP contribution >= 0.6 is 22.6 Å². The van der Waals surface area contributed by atoms with Crippen molar-refractivity contribution in [2.24, 2.45) is 11.3 Å². The molecule has 2 rings (SSSR count). The van der Waals surface area contributed by atoms with Crippen molar-refractivity contribution in [1.82, 2.24) is 4.90 Å². The molecule has 1 fully saturated rings. The van der Waals surface area contributed by atoms with Crippen LogP contribution in [-0.4, -0.2) is 23.9 Å². The van der Waals surface area contributed by atoms with Crippen LogP contribution in [0.4, 0.5) is 0 Å². The van der Waals surface area contributed by atoms with Crippen molar-refractivity contribution in [3.05, 3.63) is 33.4 Å². The van der Waals surface area contributed by atoms with Crippen molar-refractivity contribution in [3.63, 3.8) is 0 Å². The summed E-state index contributed by atoms with van der Waals surface area (Å²) < 4.78 is 1.17. The van der Waals surface area contributed by atoms with Crippen LogP contribution in [0.15, 0.2) is 24.3 Å². The fraction of sp³-hybridized carbons (Fsp3) is 0.562. The maximum absolute atomic E-state index is 12.4. The van der Waals surface area contributed by atoms with Crippen LogP contribution in [0.3, 0.4) is 0 Å². The van der Waals surface area contributed by atoms with Crippen molar-refractivity contribution >= 4 is 28.5 Å². The third-order valence-corrected chi connectivity index (χ3v) is 4.82. The van der Waals surface area contributed by atoms with Crippen LogP contribution in [0.2, 0.25) is 0 Å². The Hall–Kier alpha value is -0.580. The zero-order valence-corrected chi connectivity index (χ0v) is 14.1. The van der Waals surface area contributed by atoms with Gasteiger partial charge in [-0.1, -0.05) is 20.8 Å². The number of hydrogen-bond donors (Lipinski definition) is 0. The van der Waals surface area contributed by atoms with Gasteiger partial charge in [-0.05, 0) is 71.0 Å². The van der Waals surface area contributed by atoms with Gasteiger partial charge in [-0.3, -0.25) is 4.79 Å². The summed E-state index contributed by atoms with van der Waals surface area (Å²) in [5, 5.41) is 0. The molecule has 19 heavy (non-hydrogen) atoms. The SMILES string of the molecule is CC(C)(C)C1CCN(C(=O)c2ccc(I)cc2)CC1. The van der Waals surface area contributed by atoms with E-state index in [2.05, 4.69) is 43.4 Å². The Morgan fingerprint density at radius 3 is 2.16 bits per heavy atom. The average molecular weight is 371 g/mol.